The van der Waals surface area contributed by atoms with Gasteiger partial charge in [-0.05, 0) is 0 Å². The molecule has 10 heavy (non-hydrogen) atoms. The lowest BCUT2D eigenvalue weighted by atomic mass is 11.1. The lowest BCUT2D eigenvalue weighted by Gasteiger charge is -1.90. The molecule has 0 amide bonds. The summed E-state index contributed by atoms with van der Waals surface area (Å²) in [7, 11) is 2.77. The highest BCUT2D eigenvalue weighted by atomic mass is 16.5. The van der Waals surface area contributed by atoms with Gasteiger partial charge < -0.3 is 5.21 Å². The van der Waals surface area contributed by atoms with E-state index in [9.17, 15) is 9.59 Å². The van der Waals surface area contributed by atoms with Crippen molar-refractivity contribution in [2.24, 2.45) is 14.1 Å². The quantitative estimate of drug-likeness (QED) is 0.434. The van der Waals surface area contributed by atoms with Crippen molar-refractivity contribution in [3.63, 3.8) is 0 Å². The molecule has 0 radical (unpaired) electrons. The molecule has 0 unspecified atom stereocenters. The first-order chi connectivity index (χ1) is 4.55. The van der Waals surface area contributed by atoms with E-state index in [1.54, 1.807) is 0 Å². The molecule has 1 aromatic heterocycles. The smallest absolute Gasteiger partial charge is 0.380 e. The molecule has 1 rings (SSSR count). The maximum Gasteiger partial charge on any atom is 0.380 e. The van der Waals surface area contributed by atoms with E-state index in [4.69, 9.17) is 5.21 Å². The van der Waals surface area contributed by atoms with Gasteiger partial charge in [-0.1, -0.05) is 4.73 Å². The average molecular weight is 145 g/mol. The van der Waals surface area contributed by atoms with Crippen molar-refractivity contribution in [2.75, 3.05) is 0 Å². The Labute approximate surface area is 55.5 Å². The van der Waals surface area contributed by atoms with Gasteiger partial charge in [-0.2, -0.15) is 0 Å². The molecule has 0 aliphatic rings. The molecule has 56 valence electrons. The van der Waals surface area contributed by atoms with E-state index in [0.29, 0.717) is 0 Å². The third-order valence-electron chi connectivity index (χ3n) is 1.37. The Bertz CT molecular complexity index is 321. The van der Waals surface area contributed by atoms with E-state index in [0.717, 1.165) is 9.36 Å². The Hall–Kier alpha value is -1.46. The minimum absolute atomic E-state index is 0.0556. The molecular weight excluding hydrogens is 138 g/mol. The minimum Gasteiger partial charge on any atom is -0.420 e. The number of nitrogens with zero attached hydrogens (tertiary/aromatic N) is 3. The van der Waals surface area contributed by atoms with E-state index >= 15 is 0 Å². The maximum absolute atomic E-state index is 10.7. The van der Waals surface area contributed by atoms with Crippen molar-refractivity contribution in [2.45, 2.75) is 0 Å². The Morgan fingerprint density at radius 3 is 1.50 bits per heavy atom. The molecule has 0 aliphatic heterocycles. The number of hydrogen-bond acceptors (Lipinski definition) is 3. The molecule has 6 heteroatoms. The van der Waals surface area contributed by atoms with Crippen LogP contribution in [0.15, 0.2) is 9.59 Å². The Morgan fingerprint density at radius 2 is 1.40 bits per heavy atom. The zero-order valence-electron chi connectivity index (χ0n) is 5.61. The molecule has 0 saturated heterocycles. The van der Waals surface area contributed by atoms with Gasteiger partial charge in [0, 0.05) is 14.1 Å². The van der Waals surface area contributed by atoms with Crippen LogP contribution in [0.1, 0.15) is 0 Å². The summed E-state index contributed by atoms with van der Waals surface area (Å²) in [5.41, 5.74) is -1.49. The SMILES string of the molecule is Cn1c(=O)n(O)c(=O)n1C. The fourth-order valence-electron chi connectivity index (χ4n) is 0.613. The van der Waals surface area contributed by atoms with E-state index in [1.165, 1.54) is 14.1 Å². The molecule has 0 saturated carbocycles. The first-order valence-corrected chi connectivity index (χ1v) is 2.60. The summed E-state index contributed by atoms with van der Waals surface area (Å²) in [5, 5.41) is 8.66. The summed E-state index contributed by atoms with van der Waals surface area (Å²) >= 11 is 0. The maximum atomic E-state index is 10.7. The molecule has 0 bridgehead atoms. The van der Waals surface area contributed by atoms with Crippen molar-refractivity contribution < 1.29 is 5.21 Å². The zero-order valence-corrected chi connectivity index (χ0v) is 5.61. The first kappa shape index (κ1) is 6.66. The van der Waals surface area contributed by atoms with E-state index in [2.05, 4.69) is 0 Å². The van der Waals surface area contributed by atoms with Gasteiger partial charge in [0.2, 0.25) is 0 Å². The van der Waals surface area contributed by atoms with Crippen LogP contribution in [0.2, 0.25) is 0 Å². The summed E-state index contributed by atoms with van der Waals surface area (Å²) in [6, 6.07) is 0. The molecule has 0 aliphatic carbocycles. The third-order valence-corrected chi connectivity index (χ3v) is 1.37. The molecule has 1 N–H and O–H groups in total. The molecule has 0 aromatic carbocycles. The van der Waals surface area contributed by atoms with Gasteiger partial charge in [0.1, 0.15) is 0 Å². The van der Waals surface area contributed by atoms with E-state index in [1.807, 2.05) is 0 Å². The minimum atomic E-state index is -0.743. The van der Waals surface area contributed by atoms with Crippen molar-refractivity contribution >= 4 is 0 Å². The van der Waals surface area contributed by atoms with Gasteiger partial charge in [-0.3, -0.25) is 0 Å². The molecule has 1 heterocycles. The lowest BCUT2D eigenvalue weighted by molar-refractivity contribution is 0.163. The van der Waals surface area contributed by atoms with Gasteiger partial charge in [0.15, 0.2) is 0 Å². The Morgan fingerprint density at radius 1 is 1.10 bits per heavy atom. The summed E-state index contributed by atoms with van der Waals surface area (Å²) in [6.45, 7) is 0. The second kappa shape index (κ2) is 1.76. The molecule has 6 nitrogen and oxygen atoms in total. The van der Waals surface area contributed by atoms with Crippen LogP contribution in [-0.2, 0) is 14.1 Å². The second-order valence-electron chi connectivity index (χ2n) is 1.92. The fraction of sp³-hybridized carbons (Fsp3) is 0.500. The number of aromatic nitrogens is 3. The van der Waals surface area contributed by atoms with Crippen molar-refractivity contribution in [1.29, 1.82) is 0 Å². The summed E-state index contributed by atoms with van der Waals surface area (Å²) in [4.78, 5) is 21.3. The summed E-state index contributed by atoms with van der Waals surface area (Å²) in [5.74, 6) is 0. The van der Waals surface area contributed by atoms with Crippen molar-refractivity contribution in [3.8, 4) is 0 Å². The monoisotopic (exact) mass is 145 g/mol. The van der Waals surface area contributed by atoms with Crippen molar-refractivity contribution in [1.82, 2.24) is 14.1 Å². The van der Waals surface area contributed by atoms with Crippen LogP contribution in [0.3, 0.4) is 0 Å². The first-order valence-electron chi connectivity index (χ1n) is 2.60. The van der Waals surface area contributed by atoms with Gasteiger partial charge in [-0.15, -0.1) is 0 Å². The summed E-state index contributed by atoms with van der Waals surface area (Å²) < 4.78 is 2.06. The van der Waals surface area contributed by atoms with Crippen LogP contribution in [0.25, 0.3) is 0 Å². The van der Waals surface area contributed by atoms with Gasteiger partial charge in [0.25, 0.3) is 0 Å². The molecule has 0 atom stereocenters. The van der Waals surface area contributed by atoms with Crippen LogP contribution in [0.5, 0.6) is 0 Å². The van der Waals surface area contributed by atoms with Gasteiger partial charge >= 0.3 is 11.4 Å². The predicted octanol–water partition coefficient (Wildman–Crippen LogP) is -1.88. The Balaban J connectivity index is 3.77. The summed E-state index contributed by atoms with van der Waals surface area (Å²) in [6.07, 6.45) is 0. The van der Waals surface area contributed by atoms with Crippen molar-refractivity contribution in [3.05, 3.63) is 21.0 Å². The molecular formula is C4H7N3O3. The topological polar surface area (TPSA) is 69.2 Å². The predicted molar refractivity (Wildman–Crippen MR) is 32.1 cm³/mol. The number of hydrogen-bond donors (Lipinski definition) is 1. The third kappa shape index (κ3) is 0.584. The Kier molecular flexibility index (Phi) is 1.17. The largest absolute Gasteiger partial charge is 0.420 e. The standard InChI is InChI=1S/C4H7N3O3/c1-5-3(8)7(10)4(9)6(5)2/h10H,1-2H3. The fourth-order valence-corrected chi connectivity index (χ4v) is 0.613. The molecule has 0 fully saturated rings. The van der Waals surface area contributed by atoms with Crippen LogP contribution in [0.4, 0.5) is 0 Å². The van der Waals surface area contributed by atoms with Gasteiger partial charge in [0.05, 0.1) is 0 Å². The highest BCUT2D eigenvalue weighted by Crippen LogP contribution is 1.63. The highest BCUT2D eigenvalue weighted by Gasteiger charge is 2.06. The highest BCUT2D eigenvalue weighted by molar-refractivity contribution is 4.65. The molecule has 1 aromatic rings. The lowest BCUT2D eigenvalue weighted by Crippen LogP contribution is -2.25. The number of rotatable bonds is 0. The van der Waals surface area contributed by atoms with Crippen LogP contribution in [-0.4, -0.2) is 19.3 Å². The van der Waals surface area contributed by atoms with Gasteiger partial charge in [-0.25, -0.2) is 19.0 Å². The average Bonchev–Trinajstić information content (AvgIpc) is 2.07. The normalized spacial score (nSPS) is 10.2. The van der Waals surface area contributed by atoms with Crippen LogP contribution < -0.4 is 11.4 Å². The molecule has 0 spiro atoms. The second-order valence-corrected chi connectivity index (χ2v) is 1.92. The van der Waals surface area contributed by atoms with Crippen LogP contribution >= 0.6 is 0 Å². The van der Waals surface area contributed by atoms with Crippen LogP contribution in [0, 0.1) is 0 Å². The van der Waals surface area contributed by atoms with E-state index < -0.39 is 11.4 Å². The zero-order chi connectivity index (χ0) is 7.89. The van der Waals surface area contributed by atoms with E-state index in [-0.39, 0.29) is 4.73 Å².